The topological polar surface area (TPSA) is 88.5 Å². The molecule has 1 unspecified atom stereocenters. The number of amides is 1. The lowest BCUT2D eigenvalue weighted by atomic mass is 9.95. The van der Waals surface area contributed by atoms with E-state index in [1.165, 1.54) is 12.0 Å². The Morgan fingerprint density at radius 2 is 1.78 bits per heavy atom. The summed E-state index contributed by atoms with van der Waals surface area (Å²) in [7, 11) is 7.00. The number of ether oxygens (including phenoxy) is 3. The van der Waals surface area contributed by atoms with E-state index in [-0.39, 0.29) is 11.3 Å². The number of rotatable bonds is 13. The maximum absolute atomic E-state index is 13.3. The fraction of sp³-hybridized carbons (Fsp3) is 0.448. The van der Waals surface area contributed by atoms with Gasteiger partial charge in [0.15, 0.2) is 11.5 Å². The molecule has 0 aromatic heterocycles. The first-order valence-electron chi connectivity index (χ1n) is 12.7. The van der Waals surface area contributed by atoms with Crippen molar-refractivity contribution in [3.63, 3.8) is 0 Å². The number of aliphatic hydroxyl groups excluding tert-OH is 1. The molecule has 1 saturated heterocycles. The van der Waals surface area contributed by atoms with Crippen molar-refractivity contribution in [2.75, 3.05) is 48.0 Å². The summed E-state index contributed by atoms with van der Waals surface area (Å²) in [6.07, 6.45) is 3.78. The van der Waals surface area contributed by atoms with Gasteiger partial charge in [0, 0.05) is 12.1 Å². The first kappa shape index (κ1) is 28.1. The predicted molar refractivity (Wildman–Crippen MR) is 143 cm³/mol. The molecule has 0 spiro atoms. The molecule has 8 heteroatoms. The molecule has 2 aromatic carbocycles. The van der Waals surface area contributed by atoms with Gasteiger partial charge in [-0.25, -0.2) is 0 Å². The van der Waals surface area contributed by atoms with Crippen molar-refractivity contribution in [3.05, 3.63) is 59.2 Å². The molecule has 1 aliphatic rings. The molecule has 37 heavy (non-hydrogen) atoms. The number of aliphatic hydroxyl groups is 1. The van der Waals surface area contributed by atoms with Crippen LogP contribution in [-0.2, 0) is 9.59 Å². The predicted octanol–water partition coefficient (Wildman–Crippen LogP) is 4.65. The van der Waals surface area contributed by atoms with Gasteiger partial charge in [0.1, 0.15) is 11.5 Å². The summed E-state index contributed by atoms with van der Waals surface area (Å²) in [5, 5.41) is 11.3. The molecule has 1 N–H and O–H groups in total. The number of unbranched alkanes of at least 4 members (excludes halogenated alkanes) is 2. The number of carbonyl (C=O) groups is 2. The maximum Gasteiger partial charge on any atom is 0.295 e. The van der Waals surface area contributed by atoms with Crippen molar-refractivity contribution in [2.24, 2.45) is 0 Å². The molecule has 0 saturated carbocycles. The van der Waals surface area contributed by atoms with E-state index in [2.05, 4.69) is 6.92 Å². The summed E-state index contributed by atoms with van der Waals surface area (Å²) in [5.74, 6) is 0.0540. The highest BCUT2D eigenvalue weighted by molar-refractivity contribution is 6.46. The first-order valence-corrected chi connectivity index (χ1v) is 12.7. The number of hydrogen-bond donors (Lipinski definition) is 1. The summed E-state index contributed by atoms with van der Waals surface area (Å²) < 4.78 is 16.8. The molecule has 1 fully saturated rings. The summed E-state index contributed by atoms with van der Waals surface area (Å²) in [6.45, 7) is 3.82. The Bertz CT molecular complexity index is 1130. The van der Waals surface area contributed by atoms with Crippen molar-refractivity contribution in [1.29, 1.82) is 0 Å². The molecule has 0 bridgehead atoms. The Balaban J connectivity index is 2.06. The maximum atomic E-state index is 13.3. The van der Waals surface area contributed by atoms with E-state index in [1.54, 1.807) is 43.5 Å². The second kappa shape index (κ2) is 13.1. The zero-order valence-electron chi connectivity index (χ0n) is 22.5. The lowest BCUT2D eigenvalue weighted by molar-refractivity contribution is -0.139. The van der Waals surface area contributed by atoms with Gasteiger partial charge in [0.2, 0.25) is 0 Å². The van der Waals surface area contributed by atoms with E-state index in [0.717, 1.165) is 25.8 Å². The quantitative estimate of drug-likeness (QED) is 0.182. The van der Waals surface area contributed by atoms with Crippen LogP contribution in [0.1, 0.15) is 49.8 Å². The summed E-state index contributed by atoms with van der Waals surface area (Å²) in [6, 6.07) is 11.4. The van der Waals surface area contributed by atoms with Crippen LogP contribution in [0.5, 0.6) is 17.2 Å². The van der Waals surface area contributed by atoms with E-state index >= 15 is 0 Å². The molecule has 2 aromatic rings. The number of likely N-dealkylation sites (tertiary alicyclic amines) is 1. The van der Waals surface area contributed by atoms with Crippen LogP contribution in [0.15, 0.2) is 48.0 Å². The molecule has 0 radical (unpaired) electrons. The number of hydrogen-bond acceptors (Lipinski definition) is 7. The van der Waals surface area contributed by atoms with Crippen molar-refractivity contribution >= 4 is 17.4 Å². The Labute approximate surface area is 219 Å². The largest absolute Gasteiger partial charge is 0.507 e. The van der Waals surface area contributed by atoms with Gasteiger partial charge in [0.05, 0.1) is 32.4 Å². The van der Waals surface area contributed by atoms with Gasteiger partial charge in [0.25, 0.3) is 11.7 Å². The summed E-state index contributed by atoms with van der Waals surface area (Å²) in [5.41, 5.74) is 1.10. The van der Waals surface area contributed by atoms with Crippen molar-refractivity contribution in [3.8, 4) is 17.2 Å². The van der Waals surface area contributed by atoms with Crippen LogP contribution < -0.4 is 14.2 Å². The minimum Gasteiger partial charge on any atom is -0.507 e. The van der Waals surface area contributed by atoms with Gasteiger partial charge in [-0.3, -0.25) is 9.59 Å². The standard InChI is InChI=1S/C29H38N2O6/c1-6-7-8-17-37-23-14-13-20(19-24(23)36-5)26-25(27(32)21-11-9-12-22(18-21)35-4)28(33)29(34)31(26)16-10-15-30(2)3/h9,11-14,18-19,26,32H,6-8,10,15-17H2,1-5H3/b27-25+. The van der Waals surface area contributed by atoms with Gasteiger partial charge in [-0.05, 0) is 63.3 Å². The van der Waals surface area contributed by atoms with Gasteiger partial charge >= 0.3 is 0 Å². The Morgan fingerprint density at radius 1 is 1.00 bits per heavy atom. The van der Waals surface area contributed by atoms with Crippen molar-refractivity contribution < 1.29 is 28.9 Å². The van der Waals surface area contributed by atoms with Crippen LogP contribution in [0.25, 0.3) is 5.76 Å². The molecule has 200 valence electrons. The van der Waals surface area contributed by atoms with Crippen LogP contribution in [0.2, 0.25) is 0 Å². The van der Waals surface area contributed by atoms with Crippen molar-refractivity contribution in [1.82, 2.24) is 9.80 Å². The molecule has 1 amide bonds. The van der Waals surface area contributed by atoms with Gasteiger partial charge < -0.3 is 29.1 Å². The Hall–Kier alpha value is -3.52. The Kier molecular flexibility index (Phi) is 9.97. The number of ketones is 1. The van der Waals surface area contributed by atoms with Crippen LogP contribution in [-0.4, -0.2) is 74.6 Å². The lowest BCUT2D eigenvalue weighted by Gasteiger charge is -2.26. The third-order valence-corrected chi connectivity index (χ3v) is 6.40. The number of Topliss-reactive ketones (excluding diaryl/α,β-unsaturated/α-hetero) is 1. The second-order valence-electron chi connectivity index (χ2n) is 9.35. The Morgan fingerprint density at radius 3 is 2.46 bits per heavy atom. The van der Waals surface area contributed by atoms with Gasteiger partial charge in [-0.15, -0.1) is 0 Å². The normalized spacial score (nSPS) is 16.9. The second-order valence-corrected chi connectivity index (χ2v) is 9.35. The number of benzene rings is 2. The van der Waals surface area contributed by atoms with E-state index in [1.807, 2.05) is 25.1 Å². The summed E-state index contributed by atoms with van der Waals surface area (Å²) >= 11 is 0. The minimum atomic E-state index is -0.767. The monoisotopic (exact) mass is 510 g/mol. The molecule has 0 aliphatic carbocycles. The SMILES string of the molecule is CCCCCOc1ccc(C2/C(=C(\O)c3cccc(OC)c3)C(=O)C(=O)N2CCCN(C)C)cc1OC. The van der Waals surface area contributed by atoms with E-state index < -0.39 is 17.7 Å². The zero-order chi connectivity index (χ0) is 26.9. The fourth-order valence-corrected chi connectivity index (χ4v) is 4.45. The zero-order valence-corrected chi connectivity index (χ0v) is 22.5. The third-order valence-electron chi connectivity index (χ3n) is 6.40. The molecule has 8 nitrogen and oxygen atoms in total. The smallest absolute Gasteiger partial charge is 0.295 e. The van der Waals surface area contributed by atoms with Crippen molar-refractivity contribution in [2.45, 2.75) is 38.6 Å². The van der Waals surface area contributed by atoms with E-state index in [0.29, 0.717) is 47.9 Å². The average molecular weight is 511 g/mol. The summed E-state index contributed by atoms with van der Waals surface area (Å²) in [4.78, 5) is 30.0. The van der Waals surface area contributed by atoms with E-state index in [4.69, 9.17) is 14.2 Å². The van der Waals surface area contributed by atoms with Gasteiger partial charge in [-0.2, -0.15) is 0 Å². The first-order chi connectivity index (χ1) is 17.8. The molecular weight excluding hydrogens is 472 g/mol. The molecule has 1 atom stereocenters. The fourth-order valence-electron chi connectivity index (χ4n) is 4.45. The molecular formula is C29H38N2O6. The van der Waals surface area contributed by atoms with Crippen LogP contribution in [0.3, 0.4) is 0 Å². The highest BCUT2D eigenvalue weighted by Crippen LogP contribution is 2.42. The van der Waals surface area contributed by atoms with E-state index in [9.17, 15) is 14.7 Å². The lowest BCUT2D eigenvalue weighted by Crippen LogP contribution is -2.32. The number of nitrogens with zero attached hydrogens (tertiary/aromatic N) is 2. The molecule has 3 rings (SSSR count). The number of methoxy groups -OCH3 is 2. The highest BCUT2D eigenvalue weighted by Gasteiger charge is 2.46. The van der Waals surface area contributed by atoms with Gasteiger partial charge in [-0.1, -0.05) is 38.0 Å². The molecule has 1 heterocycles. The number of carbonyl (C=O) groups excluding carboxylic acids is 2. The van der Waals surface area contributed by atoms with Crippen LogP contribution >= 0.6 is 0 Å². The molecule has 1 aliphatic heterocycles. The van der Waals surface area contributed by atoms with Crippen LogP contribution in [0, 0.1) is 0 Å². The third kappa shape index (κ3) is 6.63. The highest BCUT2D eigenvalue weighted by atomic mass is 16.5. The average Bonchev–Trinajstić information content (AvgIpc) is 3.15. The minimum absolute atomic E-state index is 0.0433. The van der Waals surface area contributed by atoms with Crippen LogP contribution in [0.4, 0.5) is 0 Å².